The van der Waals surface area contributed by atoms with E-state index >= 15 is 0 Å². The zero-order chi connectivity index (χ0) is 15.0. The Labute approximate surface area is 120 Å². The Morgan fingerprint density at radius 3 is 2.70 bits per heavy atom. The summed E-state index contributed by atoms with van der Waals surface area (Å²) in [5.74, 6) is -0.222. The highest BCUT2D eigenvalue weighted by Gasteiger charge is 2.58. The van der Waals surface area contributed by atoms with E-state index < -0.39 is 0 Å². The molecule has 4 heteroatoms. The van der Waals surface area contributed by atoms with Gasteiger partial charge in [-0.05, 0) is 31.5 Å². The van der Waals surface area contributed by atoms with Gasteiger partial charge in [-0.1, -0.05) is 19.9 Å². The van der Waals surface area contributed by atoms with Crippen LogP contribution >= 0.6 is 0 Å². The van der Waals surface area contributed by atoms with Crippen molar-refractivity contribution in [3.05, 3.63) is 30.1 Å². The average Bonchev–Trinajstić information content (AvgIpc) is 2.38. The molecule has 2 rings (SSSR count). The highest BCUT2D eigenvalue weighted by atomic mass is 19.1. The molecule has 0 aliphatic heterocycles. The van der Waals surface area contributed by atoms with Gasteiger partial charge in [0.15, 0.2) is 0 Å². The fourth-order valence-corrected chi connectivity index (χ4v) is 3.00. The first-order chi connectivity index (χ1) is 9.30. The third-order valence-electron chi connectivity index (χ3n) is 4.77. The molecule has 0 heterocycles. The van der Waals surface area contributed by atoms with Crippen molar-refractivity contribution in [3.8, 4) is 0 Å². The quantitative estimate of drug-likeness (QED) is 0.901. The molecular formula is C16H25FN2O. The van der Waals surface area contributed by atoms with Gasteiger partial charge in [-0.15, -0.1) is 0 Å². The zero-order valence-electron chi connectivity index (χ0n) is 12.8. The van der Waals surface area contributed by atoms with Crippen molar-refractivity contribution in [2.45, 2.75) is 38.8 Å². The summed E-state index contributed by atoms with van der Waals surface area (Å²) < 4.78 is 19.0. The number of anilines is 1. The van der Waals surface area contributed by atoms with E-state index in [4.69, 9.17) is 10.5 Å². The predicted molar refractivity (Wildman–Crippen MR) is 80.4 cm³/mol. The smallest absolute Gasteiger partial charge is 0.125 e. The second kappa shape index (κ2) is 5.34. The van der Waals surface area contributed by atoms with Gasteiger partial charge in [0.05, 0.1) is 6.10 Å². The van der Waals surface area contributed by atoms with Gasteiger partial charge in [0.1, 0.15) is 5.82 Å². The van der Waals surface area contributed by atoms with Gasteiger partial charge >= 0.3 is 0 Å². The summed E-state index contributed by atoms with van der Waals surface area (Å²) in [4.78, 5) is 2.02. The van der Waals surface area contributed by atoms with E-state index in [1.54, 1.807) is 6.07 Å². The van der Waals surface area contributed by atoms with Crippen molar-refractivity contribution in [2.24, 2.45) is 11.1 Å². The van der Waals surface area contributed by atoms with Gasteiger partial charge in [-0.25, -0.2) is 4.39 Å². The molecule has 1 aromatic carbocycles. The Bertz CT molecular complexity index is 477. The van der Waals surface area contributed by atoms with Gasteiger partial charge in [0.2, 0.25) is 0 Å². The SMILES string of the molecule is CCOC1CC(N)(CN(C)c2cccc(F)c2)C1(C)C. The lowest BCUT2D eigenvalue weighted by molar-refractivity contribution is -0.145. The number of ether oxygens (including phenoxy) is 1. The molecule has 3 nitrogen and oxygen atoms in total. The Kier molecular flexibility index (Phi) is 4.07. The molecule has 1 aliphatic rings. The van der Waals surface area contributed by atoms with Crippen LogP contribution < -0.4 is 10.6 Å². The molecule has 0 saturated heterocycles. The Morgan fingerprint density at radius 2 is 2.15 bits per heavy atom. The predicted octanol–water partition coefficient (Wildman–Crippen LogP) is 2.79. The molecule has 0 spiro atoms. The summed E-state index contributed by atoms with van der Waals surface area (Å²) in [5, 5.41) is 0. The molecule has 0 bridgehead atoms. The van der Waals surface area contributed by atoms with Crippen LogP contribution in [0.15, 0.2) is 24.3 Å². The maximum Gasteiger partial charge on any atom is 0.125 e. The number of hydrogen-bond donors (Lipinski definition) is 1. The van der Waals surface area contributed by atoms with Gasteiger partial charge < -0.3 is 15.4 Å². The van der Waals surface area contributed by atoms with Crippen LogP contribution in [0.5, 0.6) is 0 Å². The van der Waals surface area contributed by atoms with Crippen molar-refractivity contribution < 1.29 is 9.13 Å². The van der Waals surface area contributed by atoms with E-state index in [1.807, 2.05) is 24.9 Å². The van der Waals surface area contributed by atoms with E-state index in [2.05, 4.69) is 13.8 Å². The second-order valence-electron chi connectivity index (χ2n) is 6.36. The Hall–Kier alpha value is -1.13. The van der Waals surface area contributed by atoms with Gasteiger partial charge in [-0.2, -0.15) is 0 Å². The van der Waals surface area contributed by atoms with Crippen LogP contribution in [0.3, 0.4) is 0 Å². The average molecular weight is 280 g/mol. The number of benzene rings is 1. The Balaban J connectivity index is 2.07. The topological polar surface area (TPSA) is 38.5 Å². The number of likely N-dealkylation sites (N-methyl/N-ethyl adjacent to an activating group) is 1. The summed E-state index contributed by atoms with van der Waals surface area (Å²) in [6.07, 6.45) is 1.05. The van der Waals surface area contributed by atoms with Crippen LogP contribution in [0, 0.1) is 11.2 Å². The normalized spacial score (nSPS) is 28.0. The molecule has 2 N–H and O–H groups in total. The summed E-state index contributed by atoms with van der Waals surface area (Å²) in [5.41, 5.74) is 7.02. The molecule has 0 radical (unpaired) electrons. The summed E-state index contributed by atoms with van der Waals surface area (Å²) in [6, 6.07) is 6.61. The van der Waals surface area contributed by atoms with Crippen molar-refractivity contribution in [2.75, 3.05) is 25.1 Å². The molecule has 2 atom stereocenters. The van der Waals surface area contributed by atoms with E-state index in [-0.39, 0.29) is 22.9 Å². The zero-order valence-corrected chi connectivity index (χ0v) is 12.8. The molecule has 1 aliphatic carbocycles. The highest BCUT2D eigenvalue weighted by Crippen LogP contribution is 2.50. The number of hydrogen-bond acceptors (Lipinski definition) is 3. The number of rotatable bonds is 5. The monoisotopic (exact) mass is 280 g/mol. The number of halogens is 1. The summed E-state index contributed by atoms with van der Waals surface area (Å²) in [6.45, 7) is 7.70. The highest BCUT2D eigenvalue weighted by molar-refractivity contribution is 5.46. The lowest BCUT2D eigenvalue weighted by Gasteiger charge is -2.60. The second-order valence-corrected chi connectivity index (χ2v) is 6.36. The van der Waals surface area contributed by atoms with Crippen molar-refractivity contribution >= 4 is 5.69 Å². The minimum atomic E-state index is -0.312. The molecule has 2 unspecified atom stereocenters. The van der Waals surface area contributed by atoms with Crippen LogP contribution in [0.1, 0.15) is 27.2 Å². The van der Waals surface area contributed by atoms with Gasteiger partial charge in [-0.3, -0.25) is 0 Å². The molecular weight excluding hydrogens is 255 g/mol. The van der Waals surface area contributed by atoms with Crippen LogP contribution in [-0.2, 0) is 4.74 Å². The van der Waals surface area contributed by atoms with Crippen molar-refractivity contribution in [1.82, 2.24) is 0 Å². The third-order valence-corrected chi connectivity index (χ3v) is 4.77. The van der Waals surface area contributed by atoms with E-state index in [9.17, 15) is 4.39 Å². The molecule has 1 aromatic rings. The fraction of sp³-hybridized carbons (Fsp3) is 0.625. The lowest BCUT2D eigenvalue weighted by Crippen LogP contribution is -2.73. The summed E-state index contributed by atoms with van der Waals surface area (Å²) >= 11 is 0. The number of nitrogens with zero attached hydrogens (tertiary/aromatic N) is 1. The van der Waals surface area contributed by atoms with Gasteiger partial charge in [0, 0.05) is 36.8 Å². The van der Waals surface area contributed by atoms with E-state index in [1.165, 1.54) is 12.1 Å². The standard InChI is InChI=1S/C16H25FN2O/c1-5-20-14-10-16(18,15(14,2)3)11-19(4)13-8-6-7-12(17)9-13/h6-9,14H,5,10-11,18H2,1-4H3. The third kappa shape index (κ3) is 2.54. The lowest BCUT2D eigenvalue weighted by atomic mass is 9.54. The molecule has 0 amide bonds. The first kappa shape index (κ1) is 15.3. The molecule has 112 valence electrons. The molecule has 0 aromatic heterocycles. The van der Waals surface area contributed by atoms with Crippen LogP contribution in [-0.4, -0.2) is 31.8 Å². The van der Waals surface area contributed by atoms with Crippen molar-refractivity contribution in [1.29, 1.82) is 0 Å². The fourth-order valence-electron chi connectivity index (χ4n) is 3.00. The van der Waals surface area contributed by atoms with Crippen LogP contribution in [0.25, 0.3) is 0 Å². The molecule has 1 fully saturated rings. The van der Waals surface area contributed by atoms with E-state index in [0.29, 0.717) is 13.2 Å². The minimum absolute atomic E-state index is 0.0788. The largest absolute Gasteiger partial charge is 0.378 e. The van der Waals surface area contributed by atoms with Crippen LogP contribution in [0.4, 0.5) is 10.1 Å². The van der Waals surface area contributed by atoms with Gasteiger partial charge in [0.25, 0.3) is 0 Å². The van der Waals surface area contributed by atoms with Crippen LogP contribution in [0.2, 0.25) is 0 Å². The van der Waals surface area contributed by atoms with E-state index in [0.717, 1.165) is 12.1 Å². The first-order valence-electron chi connectivity index (χ1n) is 7.17. The maximum atomic E-state index is 13.3. The molecule has 1 saturated carbocycles. The summed E-state index contributed by atoms with van der Waals surface area (Å²) in [7, 11) is 1.95. The minimum Gasteiger partial charge on any atom is -0.378 e. The maximum absolute atomic E-state index is 13.3. The molecule has 20 heavy (non-hydrogen) atoms. The Morgan fingerprint density at radius 1 is 1.45 bits per heavy atom. The first-order valence-corrected chi connectivity index (χ1v) is 7.17. The number of nitrogens with two attached hydrogens (primary N) is 1. The van der Waals surface area contributed by atoms with Crippen molar-refractivity contribution in [3.63, 3.8) is 0 Å².